The summed E-state index contributed by atoms with van der Waals surface area (Å²) >= 11 is 2.83. The Morgan fingerprint density at radius 3 is 2.71 bits per heavy atom. The summed E-state index contributed by atoms with van der Waals surface area (Å²) in [4.78, 5) is 6.88. The summed E-state index contributed by atoms with van der Waals surface area (Å²) in [6.45, 7) is -0.0302. The fourth-order valence-corrected chi connectivity index (χ4v) is 4.45. The van der Waals surface area contributed by atoms with Gasteiger partial charge >= 0.3 is 6.36 Å². The quantitative estimate of drug-likeness (QED) is 0.578. The van der Waals surface area contributed by atoms with Crippen molar-refractivity contribution in [2.45, 2.75) is 6.36 Å². The highest BCUT2D eigenvalue weighted by Crippen LogP contribution is 2.36. The van der Waals surface area contributed by atoms with Gasteiger partial charge in [0.05, 0.1) is 22.7 Å². The van der Waals surface area contributed by atoms with Crippen molar-refractivity contribution < 1.29 is 23.0 Å². The molecule has 3 aromatic rings. The van der Waals surface area contributed by atoms with Crippen molar-refractivity contribution in [2.24, 2.45) is 0 Å². The van der Waals surface area contributed by atoms with E-state index in [9.17, 15) is 18.3 Å². The van der Waals surface area contributed by atoms with Crippen molar-refractivity contribution in [1.82, 2.24) is 4.98 Å². The van der Waals surface area contributed by atoms with E-state index in [2.05, 4.69) is 9.72 Å². The number of aliphatic hydroxyl groups excluding tert-OH is 1. The summed E-state index contributed by atoms with van der Waals surface area (Å²) in [5.41, 5.74) is 1.33. The molecule has 0 fully saturated rings. The van der Waals surface area contributed by atoms with Gasteiger partial charge in [0.25, 0.3) is 0 Å². The van der Waals surface area contributed by atoms with E-state index >= 15 is 0 Å². The van der Waals surface area contributed by atoms with Crippen molar-refractivity contribution in [1.29, 1.82) is 5.41 Å². The molecule has 0 spiro atoms. The average molecular weight is 423 g/mol. The first kappa shape index (κ1) is 18.5. The predicted octanol–water partition coefficient (Wildman–Crippen LogP) is 5.54. The molecule has 144 valence electrons. The number of ether oxygens (including phenoxy) is 1. The Hall–Kier alpha value is -2.85. The second kappa shape index (κ2) is 6.95. The number of thiazole rings is 1. The molecule has 1 aliphatic rings. The van der Waals surface area contributed by atoms with Crippen LogP contribution in [0.4, 0.5) is 18.9 Å². The fraction of sp³-hybridized carbons (Fsp3) is 0.111. The van der Waals surface area contributed by atoms with Crippen molar-refractivity contribution in [3.8, 4) is 16.3 Å². The number of anilines is 1. The molecule has 0 unspecified atom stereocenters. The molecule has 28 heavy (non-hydrogen) atoms. The maximum Gasteiger partial charge on any atom is 0.573 e. The largest absolute Gasteiger partial charge is 0.573 e. The molecule has 1 aromatic carbocycles. The van der Waals surface area contributed by atoms with E-state index in [1.54, 1.807) is 6.07 Å². The molecule has 0 aliphatic carbocycles. The van der Waals surface area contributed by atoms with Crippen LogP contribution in [0, 0.1) is 5.41 Å². The highest BCUT2D eigenvalue weighted by Gasteiger charge is 2.33. The van der Waals surface area contributed by atoms with E-state index in [4.69, 9.17) is 5.41 Å². The number of hydrogen-bond donors (Lipinski definition) is 2. The third kappa shape index (κ3) is 3.60. The normalized spacial score (nSPS) is 14.8. The zero-order valence-electron chi connectivity index (χ0n) is 14.0. The molecule has 4 rings (SSSR count). The van der Waals surface area contributed by atoms with Gasteiger partial charge in [-0.2, -0.15) is 0 Å². The van der Waals surface area contributed by atoms with Gasteiger partial charge in [0.15, 0.2) is 0 Å². The van der Waals surface area contributed by atoms with Gasteiger partial charge in [-0.1, -0.05) is 12.1 Å². The molecule has 0 radical (unpaired) electrons. The molecule has 0 bridgehead atoms. The number of aliphatic hydroxyl groups is 1. The lowest BCUT2D eigenvalue weighted by Gasteiger charge is -2.19. The number of nitrogens with one attached hydrogen (secondary N) is 1. The van der Waals surface area contributed by atoms with Crippen LogP contribution >= 0.6 is 22.7 Å². The Kier molecular flexibility index (Phi) is 4.60. The monoisotopic (exact) mass is 423 g/mol. The summed E-state index contributed by atoms with van der Waals surface area (Å²) in [5.74, 6) is -0.479. The highest BCUT2D eigenvalue weighted by atomic mass is 32.1. The van der Waals surface area contributed by atoms with Gasteiger partial charge in [0.1, 0.15) is 22.4 Å². The van der Waals surface area contributed by atoms with Gasteiger partial charge in [0.2, 0.25) is 0 Å². The molecule has 10 heteroatoms. The summed E-state index contributed by atoms with van der Waals surface area (Å²) < 4.78 is 41.3. The second-order valence-electron chi connectivity index (χ2n) is 5.82. The van der Waals surface area contributed by atoms with Gasteiger partial charge in [-0.15, -0.1) is 35.8 Å². The minimum Gasteiger partial charge on any atom is -0.510 e. The number of thiophene rings is 1. The lowest BCUT2D eigenvalue weighted by molar-refractivity contribution is -0.274. The van der Waals surface area contributed by atoms with Crippen LogP contribution in [0.15, 0.2) is 52.9 Å². The number of halogens is 3. The number of nitrogens with zero attached hydrogens (tertiary/aromatic N) is 2. The maximum absolute atomic E-state index is 12.5. The van der Waals surface area contributed by atoms with E-state index < -0.39 is 6.36 Å². The number of aromatic nitrogens is 1. The van der Waals surface area contributed by atoms with Crippen LogP contribution in [0.5, 0.6) is 5.75 Å². The smallest absolute Gasteiger partial charge is 0.510 e. The predicted molar refractivity (Wildman–Crippen MR) is 103 cm³/mol. The van der Waals surface area contributed by atoms with Gasteiger partial charge < -0.3 is 14.7 Å². The molecule has 2 aromatic heterocycles. The number of alkyl halides is 3. The molecule has 0 saturated carbocycles. The fourth-order valence-electron chi connectivity index (χ4n) is 2.80. The van der Waals surface area contributed by atoms with Crippen LogP contribution in [-0.4, -0.2) is 28.8 Å². The first-order valence-electron chi connectivity index (χ1n) is 7.96. The first-order chi connectivity index (χ1) is 13.3. The Morgan fingerprint density at radius 2 is 2.00 bits per heavy atom. The average Bonchev–Trinajstić information content (AvgIpc) is 3.33. The molecule has 5 nitrogen and oxygen atoms in total. The molecule has 0 saturated heterocycles. The summed E-state index contributed by atoms with van der Waals surface area (Å²) in [5, 5.41) is 23.1. The molecule has 3 heterocycles. The minimum atomic E-state index is -4.80. The van der Waals surface area contributed by atoms with Gasteiger partial charge in [-0.3, -0.25) is 5.41 Å². The Morgan fingerprint density at radius 1 is 1.18 bits per heavy atom. The molecule has 1 aliphatic heterocycles. The highest BCUT2D eigenvalue weighted by molar-refractivity contribution is 7.14. The molecule has 0 amide bonds. The van der Waals surface area contributed by atoms with Gasteiger partial charge in [-0.05, 0) is 23.6 Å². The Balaban J connectivity index is 1.60. The number of rotatable bonds is 4. The summed E-state index contributed by atoms with van der Waals surface area (Å²) in [6, 6.07) is 9.14. The van der Waals surface area contributed by atoms with Gasteiger partial charge in [-0.25, -0.2) is 4.98 Å². The Labute approximate surface area is 165 Å². The lowest BCUT2D eigenvalue weighted by atomic mass is 10.2. The zero-order chi connectivity index (χ0) is 19.9. The Bertz CT molecular complexity index is 1060. The standard InChI is InChI=1S/C18H12F3N3O2S2/c19-18(20,21)26-11-4-1-3-10(7-11)24-8-13(25)15(16(24)22)17-23-12(9-28-17)14-5-2-6-27-14/h1-7,9,22,25H,8H2. The topological polar surface area (TPSA) is 69.4 Å². The van der Waals surface area contributed by atoms with Crippen molar-refractivity contribution in [3.05, 3.63) is 57.9 Å². The first-order valence-corrected chi connectivity index (χ1v) is 9.72. The van der Waals surface area contributed by atoms with Crippen LogP contribution in [0.2, 0.25) is 0 Å². The van der Waals surface area contributed by atoms with Crippen LogP contribution in [-0.2, 0) is 0 Å². The van der Waals surface area contributed by atoms with E-state index in [-0.39, 0.29) is 29.5 Å². The van der Waals surface area contributed by atoms with Crippen LogP contribution in [0.3, 0.4) is 0 Å². The van der Waals surface area contributed by atoms with E-state index in [0.29, 0.717) is 10.7 Å². The number of hydrogen-bond acceptors (Lipinski definition) is 6. The SMILES string of the molecule is N=C1C(c2nc(-c3cccs3)cs2)=C(O)CN1c1cccc(OC(F)(F)F)c1. The van der Waals surface area contributed by atoms with Crippen molar-refractivity contribution in [2.75, 3.05) is 11.4 Å². The summed E-state index contributed by atoms with van der Waals surface area (Å²) in [6.07, 6.45) is -4.80. The molecular formula is C18H12F3N3O2S2. The summed E-state index contributed by atoms with van der Waals surface area (Å²) in [7, 11) is 0. The second-order valence-corrected chi connectivity index (χ2v) is 7.62. The van der Waals surface area contributed by atoms with Crippen LogP contribution < -0.4 is 9.64 Å². The molecule has 2 N–H and O–H groups in total. The minimum absolute atomic E-state index is 0.0302. The third-order valence-electron chi connectivity index (χ3n) is 3.96. The van der Waals surface area contributed by atoms with E-state index in [1.807, 2.05) is 22.9 Å². The maximum atomic E-state index is 12.5. The van der Waals surface area contributed by atoms with Crippen LogP contribution in [0.1, 0.15) is 5.01 Å². The van der Waals surface area contributed by atoms with Crippen LogP contribution in [0.25, 0.3) is 16.1 Å². The van der Waals surface area contributed by atoms with E-state index in [1.165, 1.54) is 45.8 Å². The molecule has 0 atom stereocenters. The van der Waals surface area contributed by atoms with Gasteiger partial charge in [0, 0.05) is 17.1 Å². The van der Waals surface area contributed by atoms with Crippen molar-refractivity contribution >= 4 is 39.8 Å². The lowest BCUT2D eigenvalue weighted by Crippen LogP contribution is -2.26. The number of amidine groups is 1. The van der Waals surface area contributed by atoms with Crippen molar-refractivity contribution in [3.63, 3.8) is 0 Å². The molecular weight excluding hydrogens is 411 g/mol. The zero-order valence-corrected chi connectivity index (χ0v) is 15.7. The van der Waals surface area contributed by atoms with E-state index in [0.717, 1.165) is 10.6 Å². The third-order valence-corrected chi connectivity index (χ3v) is 5.71. The number of benzene rings is 1.